The molecular weight excluding hydrogens is 467 g/mol. The smallest absolute Gasteiger partial charge is 0.354 e. The number of nitrogens with zero attached hydrogens (tertiary/aromatic N) is 5. The van der Waals surface area contributed by atoms with Crippen molar-refractivity contribution in [2.45, 2.75) is 18.6 Å². The van der Waals surface area contributed by atoms with Gasteiger partial charge in [0, 0.05) is 30.5 Å². The number of aromatic nitrogens is 5. The van der Waals surface area contributed by atoms with Crippen LogP contribution in [0.3, 0.4) is 0 Å². The van der Waals surface area contributed by atoms with Gasteiger partial charge in [0.1, 0.15) is 6.33 Å². The van der Waals surface area contributed by atoms with Gasteiger partial charge in [0.05, 0.1) is 16.8 Å². The van der Waals surface area contributed by atoms with E-state index < -0.39 is 11.7 Å². The van der Waals surface area contributed by atoms with Crippen LogP contribution >= 0.6 is 0 Å². The standard InChI is InChI=1S/C26H22F3N7/c27-26(28,29)20-8-4-7-19(14-20)22-23(18-9-11-31-12-10-18)34-25(36-16-33-35-24(22)36)32-15-21(30)13-17-5-2-1-3-6-17/h1-12,14,16,21H,13,15,30H2,(H,32,34)/t21-/m0/s1. The molecule has 0 spiro atoms. The number of hydrogen-bond acceptors (Lipinski definition) is 6. The molecule has 3 aromatic heterocycles. The van der Waals surface area contributed by atoms with Crippen LogP contribution in [0.15, 0.2) is 85.5 Å². The Kier molecular flexibility index (Phi) is 6.34. The number of alkyl halides is 3. The third-order valence-corrected chi connectivity index (χ3v) is 5.75. The van der Waals surface area contributed by atoms with Crippen molar-refractivity contribution in [1.29, 1.82) is 0 Å². The first-order valence-corrected chi connectivity index (χ1v) is 11.3. The van der Waals surface area contributed by atoms with Gasteiger partial charge in [-0.1, -0.05) is 42.5 Å². The van der Waals surface area contributed by atoms with Gasteiger partial charge in [0.25, 0.3) is 0 Å². The second-order valence-electron chi connectivity index (χ2n) is 8.33. The Hall–Kier alpha value is -4.31. The minimum absolute atomic E-state index is 0.201. The Balaban J connectivity index is 1.57. The summed E-state index contributed by atoms with van der Waals surface area (Å²) in [6.45, 7) is 0.411. The SMILES string of the molecule is N[C@H](CNc1nc(-c2ccncc2)c(-c2cccc(C(F)(F)F)c2)c2nncn12)Cc1ccccc1. The van der Waals surface area contributed by atoms with Gasteiger partial charge in [-0.05, 0) is 41.8 Å². The van der Waals surface area contributed by atoms with Crippen molar-refractivity contribution in [3.8, 4) is 22.4 Å². The topological polar surface area (TPSA) is 94.0 Å². The predicted molar refractivity (Wildman–Crippen MR) is 131 cm³/mol. The normalized spacial score (nSPS) is 12.6. The van der Waals surface area contributed by atoms with Gasteiger partial charge in [0.2, 0.25) is 5.95 Å². The van der Waals surface area contributed by atoms with E-state index in [0.29, 0.717) is 46.9 Å². The first-order valence-electron chi connectivity index (χ1n) is 11.3. The van der Waals surface area contributed by atoms with Crippen LogP contribution in [0.1, 0.15) is 11.1 Å². The van der Waals surface area contributed by atoms with Gasteiger partial charge < -0.3 is 11.1 Å². The molecular formula is C26H22F3N7. The number of nitrogens with one attached hydrogen (secondary N) is 1. The monoisotopic (exact) mass is 489 g/mol. The van der Waals surface area contributed by atoms with Crippen molar-refractivity contribution in [2.75, 3.05) is 11.9 Å². The molecule has 0 saturated heterocycles. The molecule has 0 aliphatic carbocycles. The fourth-order valence-electron chi connectivity index (χ4n) is 4.05. The van der Waals surface area contributed by atoms with Gasteiger partial charge in [-0.25, -0.2) is 4.98 Å². The molecule has 0 aliphatic heterocycles. The average molecular weight is 490 g/mol. The zero-order valence-electron chi connectivity index (χ0n) is 19.0. The number of halogens is 3. The highest BCUT2D eigenvalue weighted by Gasteiger charge is 2.31. The van der Waals surface area contributed by atoms with Gasteiger partial charge in [-0.15, -0.1) is 10.2 Å². The lowest BCUT2D eigenvalue weighted by molar-refractivity contribution is -0.137. The molecule has 0 amide bonds. The van der Waals surface area contributed by atoms with Crippen LogP contribution in [-0.2, 0) is 12.6 Å². The Morgan fingerprint density at radius 3 is 2.47 bits per heavy atom. The molecule has 10 heteroatoms. The highest BCUT2D eigenvalue weighted by molar-refractivity contribution is 5.90. The molecule has 0 fully saturated rings. The average Bonchev–Trinajstić information content (AvgIpc) is 3.38. The molecule has 2 aromatic carbocycles. The molecule has 182 valence electrons. The largest absolute Gasteiger partial charge is 0.416 e. The molecule has 0 radical (unpaired) electrons. The minimum atomic E-state index is -4.49. The lowest BCUT2D eigenvalue weighted by Gasteiger charge is -2.18. The summed E-state index contributed by atoms with van der Waals surface area (Å²) in [5, 5.41) is 11.5. The van der Waals surface area contributed by atoms with Crippen molar-refractivity contribution >= 4 is 11.6 Å². The highest BCUT2D eigenvalue weighted by atomic mass is 19.4. The molecule has 7 nitrogen and oxygen atoms in total. The summed E-state index contributed by atoms with van der Waals surface area (Å²) in [6.07, 6.45) is 0.855. The van der Waals surface area contributed by atoms with Crippen molar-refractivity contribution in [2.24, 2.45) is 5.73 Å². The molecule has 0 unspecified atom stereocenters. The molecule has 3 heterocycles. The number of hydrogen-bond donors (Lipinski definition) is 2. The molecule has 5 rings (SSSR count). The molecule has 36 heavy (non-hydrogen) atoms. The van der Waals surface area contributed by atoms with Crippen LogP contribution in [0.5, 0.6) is 0 Å². The van der Waals surface area contributed by atoms with E-state index in [1.165, 1.54) is 12.4 Å². The minimum Gasteiger partial charge on any atom is -0.354 e. The molecule has 3 N–H and O–H groups in total. The summed E-state index contributed by atoms with van der Waals surface area (Å²) in [5.74, 6) is 0.432. The van der Waals surface area contributed by atoms with E-state index in [9.17, 15) is 13.2 Å². The van der Waals surface area contributed by atoms with Gasteiger partial charge in [-0.2, -0.15) is 13.2 Å². The van der Waals surface area contributed by atoms with Crippen LogP contribution < -0.4 is 11.1 Å². The number of anilines is 1. The van der Waals surface area contributed by atoms with E-state index in [1.54, 1.807) is 35.0 Å². The number of nitrogens with two attached hydrogens (primary N) is 1. The van der Waals surface area contributed by atoms with Gasteiger partial charge in [-0.3, -0.25) is 9.38 Å². The number of rotatable bonds is 7. The van der Waals surface area contributed by atoms with Gasteiger partial charge >= 0.3 is 6.18 Å². The van der Waals surface area contributed by atoms with E-state index in [2.05, 4.69) is 20.5 Å². The Morgan fingerprint density at radius 2 is 1.72 bits per heavy atom. The molecule has 5 aromatic rings. The Labute approximate surface area is 204 Å². The summed E-state index contributed by atoms with van der Waals surface area (Å²) in [4.78, 5) is 8.85. The lowest BCUT2D eigenvalue weighted by Crippen LogP contribution is -2.32. The number of fused-ring (bicyclic) bond motifs is 1. The van der Waals surface area contributed by atoms with Crippen molar-refractivity contribution in [3.05, 3.63) is 96.6 Å². The van der Waals surface area contributed by atoms with Gasteiger partial charge in [0.15, 0.2) is 5.65 Å². The van der Waals surface area contributed by atoms with Crippen LogP contribution in [0.2, 0.25) is 0 Å². The van der Waals surface area contributed by atoms with Crippen molar-refractivity contribution in [3.63, 3.8) is 0 Å². The fourth-order valence-corrected chi connectivity index (χ4v) is 4.05. The third kappa shape index (κ3) is 4.89. The van der Waals surface area contributed by atoms with E-state index >= 15 is 0 Å². The lowest BCUT2D eigenvalue weighted by atomic mass is 9.99. The summed E-state index contributed by atoms with van der Waals surface area (Å²) in [5.41, 5.74) is 8.98. The van der Waals surface area contributed by atoms with Crippen LogP contribution in [0, 0.1) is 0 Å². The molecule has 0 aliphatic rings. The van der Waals surface area contributed by atoms with Crippen molar-refractivity contribution in [1.82, 2.24) is 24.6 Å². The Morgan fingerprint density at radius 1 is 0.944 bits per heavy atom. The zero-order chi connectivity index (χ0) is 25.1. The highest BCUT2D eigenvalue weighted by Crippen LogP contribution is 2.38. The first-order chi connectivity index (χ1) is 17.4. The second kappa shape index (κ2) is 9.74. The maximum atomic E-state index is 13.5. The van der Waals surface area contributed by atoms with Crippen LogP contribution in [0.4, 0.5) is 19.1 Å². The van der Waals surface area contributed by atoms with E-state index in [-0.39, 0.29) is 6.04 Å². The molecule has 0 saturated carbocycles. The first kappa shape index (κ1) is 23.4. The maximum Gasteiger partial charge on any atom is 0.416 e. The molecule has 1 atom stereocenters. The number of pyridine rings is 1. The van der Waals surface area contributed by atoms with E-state index in [1.807, 2.05) is 30.3 Å². The van der Waals surface area contributed by atoms with Crippen LogP contribution in [0.25, 0.3) is 28.0 Å². The maximum absolute atomic E-state index is 13.5. The zero-order valence-corrected chi connectivity index (χ0v) is 19.0. The van der Waals surface area contributed by atoms with Crippen LogP contribution in [-0.4, -0.2) is 37.2 Å². The quantitative estimate of drug-likeness (QED) is 0.339. The fraction of sp³-hybridized carbons (Fsp3) is 0.154. The summed E-state index contributed by atoms with van der Waals surface area (Å²) >= 11 is 0. The Bertz CT molecular complexity index is 1470. The van der Waals surface area contributed by atoms with E-state index in [0.717, 1.165) is 17.7 Å². The molecule has 0 bridgehead atoms. The predicted octanol–water partition coefficient (Wildman–Crippen LogP) is 4.85. The third-order valence-electron chi connectivity index (χ3n) is 5.75. The number of benzene rings is 2. The van der Waals surface area contributed by atoms with E-state index in [4.69, 9.17) is 10.7 Å². The summed E-state index contributed by atoms with van der Waals surface area (Å²) < 4.78 is 42.1. The summed E-state index contributed by atoms with van der Waals surface area (Å²) in [7, 11) is 0. The second-order valence-corrected chi connectivity index (χ2v) is 8.33. The van der Waals surface area contributed by atoms with Crippen molar-refractivity contribution < 1.29 is 13.2 Å². The summed E-state index contributed by atoms with van der Waals surface area (Å²) in [6, 6.07) is 18.3.